The lowest BCUT2D eigenvalue weighted by Gasteiger charge is -2.28. The van der Waals surface area contributed by atoms with Crippen LogP contribution in [0.2, 0.25) is 0 Å². The van der Waals surface area contributed by atoms with Gasteiger partial charge in [-0.15, -0.1) is 0 Å². The molecule has 1 aliphatic carbocycles. The van der Waals surface area contributed by atoms with Crippen LogP contribution in [0.3, 0.4) is 0 Å². The van der Waals surface area contributed by atoms with E-state index in [1.54, 1.807) is 6.07 Å². The van der Waals surface area contributed by atoms with Crippen molar-refractivity contribution >= 4 is 23.4 Å². The van der Waals surface area contributed by atoms with Crippen LogP contribution in [0, 0.1) is 0 Å². The zero-order chi connectivity index (χ0) is 15.1. The molecular formula is C16H24N2O2S. The van der Waals surface area contributed by atoms with Crippen molar-refractivity contribution in [2.45, 2.75) is 43.4 Å². The number of rotatable bonds is 6. The maximum absolute atomic E-state index is 12.0. The monoisotopic (exact) mass is 308 g/mol. The molecule has 0 spiro atoms. The number of thioether (sulfide) groups is 1. The second-order valence-electron chi connectivity index (χ2n) is 5.43. The minimum atomic E-state index is 0.0660. The molecule has 1 aromatic rings. The predicted octanol–water partition coefficient (Wildman–Crippen LogP) is 2.83. The number of carbonyl (C=O) groups excluding carboxylic acids is 1. The number of hydrogen-bond donors (Lipinski definition) is 2. The highest BCUT2D eigenvalue weighted by molar-refractivity contribution is 7.99. The van der Waals surface area contributed by atoms with Crippen molar-refractivity contribution in [1.29, 1.82) is 0 Å². The third kappa shape index (κ3) is 5.16. The lowest BCUT2D eigenvalue weighted by atomic mass is 9.95. The number of nitrogens with two attached hydrogens (primary N) is 1. The highest BCUT2D eigenvalue weighted by Crippen LogP contribution is 2.27. The van der Waals surface area contributed by atoms with Crippen molar-refractivity contribution in [1.82, 2.24) is 5.32 Å². The Morgan fingerprint density at radius 2 is 2.24 bits per heavy atom. The number of amides is 1. The number of nitrogens with one attached hydrogen (secondary N) is 1. The molecule has 116 valence electrons. The third-order valence-corrected chi connectivity index (χ3v) is 4.93. The Hall–Kier alpha value is -1.36. The first-order valence-electron chi connectivity index (χ1n) is 7.48. The minimum absolute atomic E-state index is 0.0660. The number of ether oxygens (including phenoxy) is 1. The molecule has 0 aliphatic heterocycles. The van der Waals surface area contributed by atoms with E-state index in [2.05, 4.69) is 11.6 Å². The molecule has 1 amide bonds. The summed E-state index contributed by atoms with van der Waals surface area (Å²) >= 11 is 1.90. The van der Waals surface area contributed by atoms with Crippen molar-refractivity contribution in [3.05, 3.63) is 24.3 Å². The smallest absolute Gasteiger partial charge is 0.223 e. The van der Waals surface area contributed by atoms with Crippen molar-refractivity contribution in [2.24, 2.45) is 0 Å². The molecule has 5 heteroatoms. The van der Waals surface area contributed by atoms with Crippen LogP contribution in [0.25, 0.3) is 0 Å². The maximum Gasteiger partial charge on any atom is 0.223 e. The Morgan fingerprint density at radius 3 is 3.00 bits per heavy atom. The fraction of sp³-hybridized carbons (Fsp3) is 0.562. The average molecular weight is 308 g/mol. The van der Waals surface area contributed by atoms with Gasteiger partial charge < -0.3 is 15.8 Å². The Morgan fingerprint density at radius 1 is 1.43 bits per heavy atom. The molecule has 4 nitrogen and oxygen atoms in total. The molecule has 1 saturated carbocycles. The Labute approximate surface area is 130 Å². The van der Waals surface area contributed by atoms with Gasteiger partial charge in [-0.2, -0.15) is 11.8 Å². The number of para-hydroxylation sites is 2. The number of benzene rings is 1. The molecule has 0 radical (unpaired) electrons. The largest absolute Gasteiger partial charge is 0.491 e. The summed E-state index contributed by atoms with van der Waals surface area (Å²) in [5.41, 5.74) is 6.39. The molecule has 2 rings (SSSR count). The van der Waals surface area contributed by atoms with Crippen LogP contribution in [0.15, 0.2) is 24.3 Å². The molecular weight excluding hydrogens is 284 g/mol. The van der Waals surface area contributed by atoms with Crippen LogP contribution in [-0.4, -0.2) is 30.1 Å². The third-order valence-electron chi connectivity index (χ3n) is 3.83. The van der Waals surface area contributed by atoms with Crippen LogP contribution < -0.4 is 15.8 Å². The zero-order valence-corrected chi connectivity index (χ0v) is 13.3. The first kappa shape index (κ1) is 16.0. The van der Waals surface area contributed by atoms with Crippen LogP contribution in [-0.2, 0) is 4.79 Å². The van der Waals surface area contributed by atoms with Crippen molar-refractivity contribution < 1.29 is 9.53 Å². The van der Waals surface area contributed by atoms with Gasteiger partial charge in [0, 0.05) is 11.3 Å². The molecule has 0 heterocycles. The Balaban J connectivity index is 1.69. The minimum Gasteiger partial charge on any atom is -0.491 e. The predicted molar refractivity (Wildman–Crippen MR) is 88.7 cm³/mol. The number of anilines is 1. The van der Waals surface area contributed by atoms with Gasteiger partial charge in [0.05, 0.1) is 18.7 Å². The Bertz CT molecular complexity index is 467. The van der Waals surface area contributed by atoms with E-state index >= 15 is 0 Å². The van der Waals surface area contributed by atoms with E-state index in [9.17, 15) is 4.79 Å². The zero-order valence-electron chi connectivity index (χ0n) is 12.5. The second kappa shape index (κ2) is 8.17. The summed E-state index contributed by atoms with van der Waals surface area (Å²) < 4.78 is 5.55. The summed E-state index contributed by atoms with van der Waals surface area (Å²) in [5, 5.41) is 3.81. The van der Waals surface area contributed by atoms with Gasteiger partial charge in [0.15, 0.2) is 0 Å². The molecule has 0 bridgehead atoms. The molecule has 3 N–H and O–H groups in total. The van der Waals surface area contributed by atoms with Gasteiger partial charge in [0.25, 0.3) is 0 Å². The molecule has 2 unspecified atom stereocenters. The van der Waals surface area contributed by atoms with E-state index in [0.717, 1.165) is 12.8 Å². The van der Waals surface area contributed by atoms with E-state index in [1.165, 1.54) is 12.8 Å². The van der Waals surface area contributed by atoms with E-state index in [1.807, 2.05) is 30.0 Å². The van der Waals surface area contributed by atoms with Gasteiger partial charge in [0.1, 0.15) is 5.75 Å². The van der Waals surface area contributed by atoms with E-state index in [4.69, 9.17) is 10.5 Å². The van der Waals surface area contributed by atoms with E-state index in [0.29, 0.717) is 35.8 Å². The maximum atomic E-state index is 12.0. The first-order valence-corrected chi connectivity index (χ1v) is 8.77. The molecule has 0 saturated heterocycles. The van der Waals surface area contributed by atoms with Crippen LogP contribution in [0.4, 0.5) is 5.69 Å². The standard InChI is InChI=1S/C16H24N2O2S/c1-21-13-6-4-5-12(11-13)18-16(19)9-10-20-15-8-3-2-7-14(15)17/h2-3,7-8,12-13H,4-6,9-11,17H2,1H3,(H,18,19). The lowest BCUT2D eigenvalue weighted by Crippen LogP contribution is -2.39. The fourth-order valence-electron chi connectivity index (χ4n) is 2.66. The van der Waals surface area contributed by atoms with Gasteiger partial charge in [-0.3, -0.25) is 4.79 Å². The van der Waals surface area contributed by atoms with Gasteiger partial charge in [-0.1, -0.05) is 18.6 Å². The van der Waals surface area contributed by atoms with E-state index in [-0.39, 0.29) is 5.91 Å². The molecule has 1 aromatic carbocycles. The number of carbonyl (C=O) groups is 1. The quantitative estimate of drug-likeness (QED) is 0.793. The summed E-state index contributed by atoms with van der Waals surface area (Å²) in [6.45, 7) is 0.360. The van der Waals surface area contributed by atoms with Crippen molar-refractivity contribution in [3.63, 3.8) is 0 Å². The molecule has 1 aliphatic rings. The summed E-state index contributed by atoms with van der Waals surface area (Å²) in [6.07, 6.45) is 7.16. The fourth-order valence-corrected chi connectivity index (χ4v) is 3.48. The van der Waals surface area contributed by atoms with Crippen molar-refractivity contribution in [3.8, 4) is 5.75 Å². The topological polar surface area (TPSA) is 64.3 Å². The van der Waals surface area contributed by atoms with Gasteiger partial charge in [-0.25, -0.2) is 0 Å². The summed E-state index contributed by atoms with van der Waals surface area (Å²) in [4.78, 5) is 12.0. The highest BCUT2D eigenvalue weighted by atomic mass is 32.2. The SMILES string of the molecule is CSC1CCCC(NC(=O)CCOc2ccccc2N)C1. The molecule has 21 heavy (non-hydrogen) atoms. The van der Waals surface area contributed by atoms with Crippen LogP contribution >= 0.6 is 11.8 Å². The highest BCUT2D eigenvalue weighted by Gasteiger charge is 2.22. The molecule has 2 atom stereocenters. The van der Waals surface area contributed by atoms with Crippen LogP contribution in [0.5, 0.6) is 5.75 Å². The normalized spacial score (nSPS) is 21.8. The summed E-state index contributed by atoms with van der Waals surface area (Å²) in [5.74, 6) is 0.710. The molecule has 1 fully saturated rings. The number of hydrogen-bond acceptors (Lipinski definition) is 4. The van der Waals surface area contributed by atoms with Gasteiger partial charge >= 0.3 is 0 Å². The summed E-state index contributed by atoms with van der Waals surface area (Å²) in [6, 6.07) is 7.67. The van der Waals surface area contributed by atoms with Crippen molar-refractivity contribution in [2.75, 3.05) is 18.6 Å². The van der Waals surface area contributed by atoms with Gasteiger partial charge in [0.2, 0.25) is 5.91 Å². The first-order chi connectivity index (χ1) is 10.2. The van der Waals surface area contributed by atoms with Crippen LogP contribution in [0.1, 0.15) is 32.1 Å². The lowest BCUT2D eigenvalue weighted by molar-refractivity contribution is -0.122. The molecule has 0 aromatic heterocycles. The Kier molecular flexibility index (Phi) is 6.23. The number of nitrogen functional groups attached to an aromatic ring is 1. The second-order valence-corrected chi connectivity index (χ2v) is 6.56. The summed E-state index contributed by atoms with van der Waals surface area (Å²) in [7, 11) is 0. The van der Waals surface area contributed by atoms with E-state index < -0.39 is 0 Å². The van der Waals surface area contributed by atoms with Gasteiger partial charge in [-0.05, 0) is 37.7 Å². The average Bonchev–Trinajstić information content (AvgIpc) is 2.49.